The molecular weight excluding hydrogens is 314 g/mol. The van der Waals surface area contributed by atoms with Crippen molar-refractivity contribution in [3.05, 3.63) is 47.5 Å². The van der Waals surface area contributed by atoms with E-state index in [9.17, 15) is 0 Å². The topological polar surface area (TPSA) is 4.93 Å². The van der Waals surface area contributed by atoms with Crippen molar-refractivity contribution in [2.45, 2.75) is 78.1 Å². The van der Waals surface area contributed by atoms with Gasteiger partial charge in [-0.15, -0.1) is 0 Å². The van der Waals surface area contributed by atoms with Crippen molar-refractivity contribution in [1.82, 2.24) is 4.57 Å². The van der Waals surface area contributed by atoms with Crippen molar-refractivity contribution in [2.75, 3.05) is 0 Å². The Hall–Kier alpha value is -1.76. The van der Waals surface area contributed by atoms with Gasteiger partial charge in [0.05, 0.1) is 0 Å². The summed E-state index contributed by atoms with van der Waals surface area (Å²) in [4.78, 5) is 0. The second-order valence-corrected chi connectivity index (χ2v) is 7.88. The molecule has 1 heterocycles. The smallest absolute Gasteiger partial charge is 0.0488 e. The Morgan fingerprint density at radius 3 is 1.50 bits per heavy atom. The predicted molar refractivity (Wildman–Crippen MR) is 116 cm³/mol. The number of aryl methyl sites for hydroxylation is 3. The van der Waals surface area contributed by atoms with Crippen molar-refractivity contribution in [3.63, 3.8) is 0 Å². The van der Waals surface area contributed by atoms with Crippen LogP contribution in [0.1, 0.15) is 76.3 Å². The molecule has 0 spiro atoms. The Morgan fingerprint density at radius 2 is 1.08 bits per heavy atom. The summed E-state index contributed by atoms with van der Waals surface area (Å²) in [6, 6.07) is 14.2. The molecule has 0 fully saturated rings. The lowest BCUT2D eigenvalue weighted by Crippen LogP contribution is -1.89. The standard InChI is InChI=1S/C25H35N/c1-4-6-8-10-12-20-14-16-24-22(18-20)23-19-21(13-11-9-7-5-2)15-17-25(23)26(24)3/h14-19H,4-13H2,1-3H3. The molecule has 0 aliphatic heterocycles. The summed E-state index contributed by atoms with van der Waals surface area (Å²) in [6.07, 6.45) is 13.1. The summed E-state index contributed by atoms with van der Waals surface area (Å²) < 4.78 is 2.35. The third-order valence-corrected chi connectivity index (χ3v) is 5.77. The van der Waals surface area contributed by atoms with Gasteiger partial charge in [-0.2, -0.15) is 0 Å². The first-order valence-corrected chi connectivity index (χ1v) is 10.7. The lowest BCUT2D eigenvalue weighted by Gasteiger charge is -2.03. The highest BCUT2D eigenvalue weighted by Crippen LogP contribution is 2.30. The SMILES string of the molecule is CCCCCCc1ccc2c(c1)c1cc(CCCCCC)ccc1n2C. The van der Waals surface area contributed by atoms with Gasteiger partial charge in [-0.3, -0.25) is 0 Å². The van der Waals surface area contributed by atoms with Crippen LogP contribution in [-0.2, 0) is 19.9 Å². The molecular formula is C25H35N. The Balaban J connectivity index is 1.84. The van der Waals surface area contributed by atoms with E-state index in [0.717, 1.165) is 0 Å². The maximum Gasteiger partial charge on any atom is 0.0488 e. The number of benzene rings is 2. The summed E-state index contributed by atoms with van der Waals surface area (Å²) in [5, 5.41) is 2.87. The van der Waals surface area contributed by atoms with Crippen molar-refractivity contribution >= 4 is 21.8 Å². The van der Waals surface area contributed by atoms with Crippen LogP contribution >= 0.6 is 0 Å². The van der Waals surface area contributed by atoms with Crippen LogP contribution in [0.4, 0.5) is 0 Å². The summed E-state index contributed by atoms with van der Waals surface area (Å²) in [5.41, 5.74) is 5.71. The molecule has 2 aromatic carbocycles. The Morgan fingerprint density at radius 1 is 0.615 bits per heavy atom. The van der Waals surface area contributed by atoms with Crippen LogP contribution in [0.25, 0.3) is 21.8 Å². The van der Waals surface area contributed by atoms with E-state index >= 15 is 0 Å². The minimum absolute atomic E-state index is 1.21. The fraction of sp³-hybridized carbons (Fsp3) is 0.520. The van der Waals surface area contributed by atoms with E-state index in [-0.39, 0.29) is 0 Å². The lowest BCUT2D eigenvalue weighted by atomic mass is 10.0. The molecule has 0 radical (unpaired) electrons. The Bertz CT molecular complexity index is 771. The zero-order valence-corrected chi connectivity index (χ0v) is 17.0. The van der Waals surface area contributed by atoms with Gasteiger partial charge in [0.2, 0.25) is 0 Å². The van der Waals surface area contributed by atoms with Crippen molar-refractivity contribution < 1.29 is 0 Å². The summed E-state index contributed by atoms with van der Waals surface area (Å²) in [7, 11) is 2.20. The largest absolute Gasteiger partial charge is 0.344 e. The first kappa shape index (κ1) is 19.0. The number of hydrogen-bond acceptors (Lipinski definition) is 0. The number of rotatable bonds is 10. The number of aromatic nitrogens is 1. The molecule has 140 valence electrons. The average Bonchev–Trinajstić information content (AvgIpc) is 2.94. The predicted octanol–water partition coefficient (Wildman–Crippen LogP) is 7.58. The molecule has 1 nitrogen and oxygen atoms in total. The van der Waals surface area contributed by atoms with Crippen LogP contribution in [-0.4, -0.2) is 4.57 Å². The molecule has 0 atom stereocenters. The van der Waals surface area contributed by atoms with Crippen LogP contribution in [0.3, 0.4) is 0 Å². The Labute approximate surface area is 159 Å². The first-order valence-electron chi connectivity index (χ1n) is 10.7. The van der Waals surface area contributed by atoms with Gasteiger partial charge in [0, 0.05) is 28.9 Å². The molecule has 0 saturated carbocycles. The molecule has 0 bridgehead atoms. The molecule has 0 N–H and O–H groups in total. The second kappa shape index (κ2) is 9.26. The minimum Gasteiger partial charge on any atom is -0.344 e. The molecule has 0 amide bonds. The maximum atomic E-state index is 2.45. The van der Waals surface area contributed by atoms with Crippen LogP contribution in [0, 0.1) is 0 Å². The molecule has 0 aliphatic carbocycles. The highest BCUT2D eigenvalue weighted by molar-refractivity contribution is 6.08. The minimum atomic E-state index is 1.21. The highest BCUT2D eigenvalue weighted by atomic mass is 14.9. The van der Waals surface area contributed by atoms with Crippen molar-refractivity contribution in [2.24, 2.45) is 7.05 Å². The van der Waals surface area contributed by atoms with Crippen LogP contribution in [0.5, 0.6) is 0 Å². The van der Waals surface area contributed by atoms with E-state index < -0.39 is 0 Å². The maximum absolute atomic E-state index is 2.45. The van der Waals surface area contributed by atoms with E-state index in [1.54, 1.807) is 0 Å². The molecule has 1 heteroatoms. The van der Waals surface area contributed by atoms with Crippen LogP contribution in [0.2, 0.25) is 0 Å². The van der Waals surface area contributed by atoms with Gasteiger partial charge in [0.25, 0.3) is 0 Å². The summed E-state index contributed by atoms with van der Waals surface area (Å²) in [5.74, 6) is 0. The van der Waals surface area contributed by atoms with Gasteiger partial charge >= 0.3 is 0 Å². The zero-order chi connectivity index (χ0) is 18.4. The van der Waals surface area contributed by atoms with Gasteiger partial charge < -0.3 is 4.57 Å². The third-order valence-electron chi connectivity index (χ3n) is 5.77. The van der Waals surface area contributed by atoms with Gasteiger partial charge in [0.15, 0.2) is 0 Å². The first-order chi connectivity index (χ1) is 12.7. The van der Waals surface area contributed by atoms with Crippen LogP contribution < -0.4 is 0 Å². The molecule has 3 rings (SSSR count). The van der Waals surface area contributed by atoms with Gasteiger partial charge in [0.1, 0.15) is 0 Å². The normalized spacial score (nSPS) is 11.7. The summed E-state index contributed by atoms with van der Waals surface area (Å²) in [6.45, 7) is 4.56. The molecule has 3 aromatic rings. The van der Waals surface area contributed by atoms with E-state index in [4.69, 9.17) is 0 Å². The fourth-order valence-electron chi connectivity index (χ4n) is 4.14. The fourth-order valence-corrected chi connectivity index (χ4v) is 4.14. The van der Waals surface area contributed by atoms with Gasteiger partial charge in [-0.05, 0) is 61.1 Å². The third kappa shape index (κ3) is 4.31. The Kier molecular flexibility index (Phi) is 6.77. The quantitative estimate of drug-likeness (QED) is 0.332. The van der Waals surface area contributed by atoms with Gasteiger partial charge in [-0.25, -0.2) is 0 Å². The molecule has 0 saturated heterocycles. The van der Waals surface area contributed by atoms with E-state index in [0.29, 0.717) is 0 Å². The summed E-state index contributed by atoms with van der Waals surface area (Å²) >= 11 is 0. The van der Waals surface area contributed by atoms with Crippen molar-refractivity contribution in [3.8, 4) is 0 Å². The number of nitrogens with zero attached hydrogens (tertiary/aromatic N) is 1. The monoisotopic (exact) mass is 349 g/mol. The lowest BCUT2D eigenvalue weighted by molar-refractivity contribution is 0.667. The van der Waals surface area contributed by atoms with Crippen molar-refractivity contribution in [1.29, 1.82) is 0 Å². The zero-order valence-electron chi connectivity index (χ0n) is 17.0. The van der Waals surface area contributed by atoms with E-state index in [1.165, 1.54) is 97.1 Å². The molecule has 0 aliphatic rings. The average molecular weight is 350 g/mol. The van der Waals surface area contributed by atoms with Gasteiger partial charge in [-0.1, -0.05) is 64.5 Å². The van der Waals surface area contributed by atoms with E-state index in [1.807, 2.05) is 0 Å². The van der Waals surface area contributed by atoms with E-state index in [2.05, 4.69) is 61.9 Å². The molecule has 26 heavy (non-hydrogen) atoms. The number of unbranched alkanes of at least 4 members (excludes halogenated alkanes) is 6. The number of hydrogen-bond donors (Lipinski definition) is 0. The second-order valence-electron chi connectivity index (χ2n) is 7.88. The molecule has 1 aromatic heterocycles. The number of fused-ring (bicyclic) bond motifs is 3. The molecule has 0 unspecified atom stereocenters. The highest BCUT2D eigenvalue weighted by Gasteiger charge is 2.09. The van der Waals surface area contributed by atoms with Crippen LogP contribution in [0.15, 0.2) is 36.4 Å².